The maximum absolute atomic E-state index is 11.7. The van der Waals surface area contributed by atoms with Gasteiger partial charge < -0.3 is 44.5 Å². The molecule has 5 aromatic carbocycles. The first kappa shape index (κ1) is 94.4. The van der Waals surface area contributed by atoms with Crippen molar-refractivity contribution in [3.63, 3.8) is 0 Å². The lowest BCUT2D eigenvalue weighted by atomic mass is 9.91. The molecular formula is C66H114O13. The predicted molar refractivity (Wildman–Crippen MR) is 336 cm³/mol. The largest absolute Gasteiger partial charge is 0.508 e. The summed E-state index contributed by atoms with van der Waals surface area (Å²) in [5.41, 5.74) is 0.328. The zero-order chi connectivity index (χ0) is 52.3. The minimum absolute atomic E-state index is 0. The molecule has 0 aliphatic rings. The molecule has 13 nitrogen and oxygen atoms in total. The lowest BCUT2D eigenvalue weighted by Gasteiger charge is -2.19. The Kier molecular flexibility index (Phi) is 57.5. The highest BCUT2D eigenvalue weighted by Gasteiger charge is 2.28. The van der Waals surface area contributed by atoms with Crippen molar-refractivity contribution in [2.75, 3.05) is 0 Å². The minimum atomic E-state index is -0.495. The quantitative estimate of drug-likeness (QED) is 0.0519. The van der Waals surface area contributed by atoms with Crippen LogP contribution in [0.4, 0.5) is 0 Å². The van der Waals surface area contributed by atoms with E-state index in [1.807, 2.05) is 81.4 Å². The lowest BCUT2D eigenvalue weighted by molar-refractivity contribution is -0.144. The van der Waals surface area contributed by atoms with Gasteiger partial charge in [0.15, 0.2) is 0 Å². The SMILES string of the molecule is C.C.C.C.C.C.C.C.C.C.CCC(C)(C)C(=O)Oc1ccc(O)cc1.CCC(C)(C)C(=O)Oc1cccc(O)c1.CCC(C)C(=O)Oc1ccc(O)cc1.CCC(C)C(=O)Oc1cccc(O)c1.CCC(C)c1ccc(O)cc1. The van der Waals surface area contributed by atoms with Crippen molar-refractivity contribution < 1.29 is 63.7 Å². The van der Waals surface area contributed by atoms with E-state index in [0.717, 1.165) is 25.7 Å². The highest BCUT2D eigenvalue weighted by molar-refractivity contribution is 5.79. The molecule has 0 amide bonds. The smallest absolute Gasteiger partial charge is 0.316 e. The third kappa shape index (κ3) is 37.4. The van der Waals surface area contributed by atoms with Gasteiger partial charge in [0.1, 0.15) is 51.7 Å². The van der Waals surface area contributed by atoms with Crippen LogP contribution in [-0.4, -0.2) is 49.4 Å². The Morgan fingerprint density at radius 2 is 0.658 bits per heavy atom. The van der Waals surface area contributed by atoms with Gasteiger partial charge in [-0.3, -0.25) is 19.2 Å². The van der Waals surface area contributed by atoms with Crippen molar-refractivity contribution in [1.82, 2.24) is 0 Å². The molecule has 3 unspecified atom stereocenters. The molecule has 0 bridgehead atoms. The first-order valence-corrected chi connectivity index (χ1v) is 23.2. The average molecular weight is 1120 g/mol. The van der Waals surface area contributed by atoms with E-state index in [2.05, 4.69) is 13.8 Å². The van der Waals surface area contributed by atoms with E-state index in [1.54, 1.807) is 60.7 Å². The number of carbonyl (C=O) groups is 4. The molecule has 456 valence electrons. The molecule has 0 aliphatic heterocycles. The van der Waals surface area contributed by atoms with Gasteiger partial charge in [0, 0.05) is 12.1 Å². The number of hydrogen-bond donors (Lipinski definition) is 5. The predicted octanol–water partition coefficient (Wildman–Crippen LogP) is 19.4. The number of benzene rings is 5. The first-order chi connectivity index (χ1) is 32.4. The van der Waals surface area contributed by atoms with Gasteiger partial charge in [0.2, 0.25) is 0 Å². The highest BCUT2D eigenvalue weighted by atomic mass is 16.5. The lowest BCUT2D eigenvalue weighted by Crippen LogP contribution is -2.28. The molecular weight excluding hydrogens is 1000 g/mol. The fourth-order valence-corrected chi connectivity index (χ4v) is 4.71. The van der Waals surface area contributed by atoms with Crippen LogP contribution >= 0.6 is 0 Å². The van der Waals surface area contributed by atoms with Crippen LogP contribution in [0.25, 0.3) is 0 Å². The van der Waals surface area contributed by atoms with Crippen LogP contribution in [-0.2, 0) is 19.2 Å². The molecule has 5 rings (SSSR count). The molecule has 0 radical (unpaired) electrons. The molecule has 0 fully saturated rings. The van der Waals surface area contributed by atoms with E-state index in [1.165, 1.54) is 54.1 Å². The first-order valence-electron chi connectivity index (χ1n) is 23.2. The number of ether oxygens (including phenoxy) is 4. The summed E-state index contributed by atoms with van der Waals surface area (Å²) in [4.78, 5) is 46.0. The molecule has 13 heteroatoms. The minimum Gasteiger partial charge on any atom is -0.508 e. The molecule has 3 atom stereocenters. The van der Waals surface area contributed by atoms with Gasteiger partial charge >= 0.3 is 23.9 Å². The summed E-state index contributed by atoms with van der Waals surface area (Å²) in [7, 11) is 0. The zero-order valence-electron chi connectivity index (χ0n) is 42.3. The van der Waals surface area contributed by atoms with Crippen LogP contribution in [0.15, 0.2) is 121 Å². The molecule has 5 N–H and O–H groups in total. The number of esters is 4. The second-order valence-corrected chi connectivity index (χ2v) is 17.6. The fraction of sp³-hybridized carbons (Fsp3) is 0.485. The topological polar surface area (TPSA) is 206 Å². The standard InChI is InChI=1S/2C12H16O3.2C11H14O3.C10H14O.10CH4/c1-4-12(2,3)11(14)15-10-7-5-9(13)6-8-10;1-4-12(2,3)11(14)15-10-7-5-6-9(13)8-10;1-3-8(2)11(13)14-10-6-4-9(12)5-7-10;1-3-8(2)11(13)14-10-6-4-5-9(12)7-10;1-3-8(2)9-4-6-10(11)7-5-9;;;;;;;;;;/h2*5-8,13H,4H2,1-3H3;2*4-8,12H,3H2,1-2H3;4-8,11H,3H2,1-2H3;10*1H4. The van der Waals surface area contributed by atoms with Crippen molar-refractivity contribution in [3.05, 3.63) is 127 Å². The summed E-state index contributed by atoms with van der Waals surface area (Å²) in [6, 6.07) is 32.1. The van der Waals surface area contributed by atoms with Crippen LogP contribution in [0.5, 0.6) is 51.7 Å². The van der Waals surface area contributed by atoms with E-state index in [0.29, 0.717) is 41.1 Å². The maximum Gasteiger partial charge on any atom is 0.316 e. The number of phenols is 5. The molecule has 0 heterocycles. The van der Waals surface area contributed by atoms with Gasteiger partial charge in [-0.25, -0.2) is 0 Å². The highest BCUT2D eigenvalue weighted by Crippen LogP contribution is 2.27. The number of aromatic hydroxyl groups is 5. The second kappa shape index (κ2) is 48.1. The van der Waals surface area contributed by atoms with Crippen molar-refractivity contribution in [3.8, 4) is 51.7 Å². The summed E-state index contributed by atoms with van der Waals surface area (Å²) in [5.74, 6) is 1.88. The van der Waals surface area contributed by atoms with Crippen LogP contribution in [0.3, 0.4) is 0 Å². The van der Waals surface area contributed by atoms with E-state index in [4.69, 9.17) is 39.4 Å². The van der Waals surface area contributed by atoms with Crippen LogP contribution in [0.2, 0.25) is 0 Å². The van der Waals surface area contributed by atoms with Gasteiger partial charge in [-0.15, -0.1) is 0 Å². The third-order valence-corrected chi connectivity index (χ3v) is 11.1. The Bertz CT molecular complexity index is 2290. The molecule has 0 saturated heterocycles. The molecule has 0 aromatic heterocycles. The maximum atomic E-state index is 11.7. The summed E-state index contributed by atoms with van der Waals surface area (Å²) < 4.78 is 20.4. The van der Waals surface area contributed by atoms with Crippen molar-refractivity contribution in [2.24, 2.45) is 22.7 Å². The fourth-order valence-electron chi connectivity index (χ4n) is 4.71. The Hall–Kier alpha value is -7.02. The van der Waals surface area contributed by atoms with Crippen molar-refractivity contribution >= 4 is 23.9 Å². The summed E-state index contributed by atoms with van der Waals surface area (Å²) >= 11 is 0. The van der Waals surface area contributed by atoms with Crippen LogP contribution < -0.4 is 18.9 Å². The van der Waals surface area contributed by atoms with Crippen LogP contribution in [0.1, 0.15) is 201 Å². The van der Waals surface area contributed by atoms with Crippen molar-refractivity contribution in [1.29, 1.82) is 0 Å². The van der Waals surface area contributed by atoms with E-state index >= 15 is 0 Å². The summed E-state index contributed by atoms with van der Waals surface area (Å²) in [6.07, 6.45) is 4.09. The van der Waals surface area contributed by atoms with Gasteiger partial charge in [0.25, 0.3) is 0 Å². The van der Waals surface area contributed by atoms with Gasteiger partial charge in [0.05, 0.1) is 22.7 Å². The van der Waals surface area contributed by atoms with Gasteiger partial charge in [-0.05, 0) is 156 Å². The summed E-state index contributed by atoms with van der Waals surface area (Å²) in [6.45, 7) is 23.1. The number of carbonyl (C=O) groups excluding carboxylic acids is 4. The number of hydrogen-bond acceptors (Lipinski definition) is 13. The molecule has 0 saturated carbocycles. The Morgan fingerprint density at radius 1 is 0.380 bits per heavy atom. The molecule has 0 spiro atoms. The second-order valence-electron chi connectivity index (χ2n) is 17.6. The summed E-state index contributed by atoms with van der Waals surface area (Å²) in [5, 5.41) is 45.4. The third-order valence-electron chi connectivity index (χ3n) is 11.1. The molecule has 0 aliphatic carbocycles. The average Bonchev–Trinajstić information content (AvgIpc) is 3.33. The van der Waals surface area contributed by atoms with E-state index < -0.39 is 10.8 Å². The van der Waals surface area contributed by atoms with Gasteiger partial charge in [-0.1, -0.05) is 154 Å². The molecule has 79 heavy (non-hydrogen) atoms. The zero-order valence-corrected chi connectivity index (χ0v) is 42.3. The Morgan fingerprint density at radius 3 is 0.949 bits per heavy atom. The van der Waals surface area contributed by atoms with E-state index in [9.17, 15) is 24.3 Å². The van der Waals surface area contributed by atoms with Crippen LogP contribution in [0, 0.1) is 22.7 Å². The van der Waals surface area contributed by atoms with Gasteiger partial charge in [-0.2, -0.15) is 0 Å². The number of rotatable bonds is 14. The molecule has 5 aromatic rings. The van der Waals surface area contributed by atoms with E-state index in [-0.39, 0.29) is 133 Å². The number of phenolic OH excluding ortho intramolecular Hbond substituents is 5. The Labute approximate surface area is 482 Å². The Balaban J connectivity index is -0.0000000915. The monoisotopic (exact) mass is 1110 g/mol. The normalized spacial score (nSPS) is 10.3. The van der Waals surface area contributed by atoms with Crippen molar-refractivity contribution in [2.45, 2.75) is 195 Å².